The van der Waals surface area contributed by atoms with Crippen molar-refractivity contribution in [3.05, 3.63) is 22.7 Å². The van der Waals surface area contributed by atoms with E-state index in [0.29, 0.717) is 22.3 Å². The Labute approximate surface area is 127 Å². The Morgan fingerprint density at radius 2 is 2.19 bits per heavy atom. The van der Waals surface area contributed by atoms with Crippen molar-refractivity contribution >= 4 is 34.7 Å². The maximum absolute atomic E-state index is 11.7. The van der Waals surface area contributed by atoms with E-state index >= 15 is 0 Å². The van der Waals surface area contributed by atoms with E-state index in [0.717, 1.165) is 37.9 Å². The first-order chi connectivity index (χ1) is 10.1. The molecule has 2 N–H and O–H groups in total. The third-order valence-electron chi connectivity index (χ3n) is 4.17. The van der Waals surface area contributed by atoms with Crippen LogP contribution in [0.3, 0.4) is 0 Å². The van der Waals surface area contributed by atoms with E-state index in [4.69, 9.17) is 16.7 Å². The first kappa shape index (κ1) is 14.4. The van der Waals surface area contributed by atoms with Crippen LogP contribution in [0.2, 0.25) is 5.02 Å². The Bertz CT molecular complexity index is 603. The Balaban J connectivity index is 1.91. The first-order valence-electron chi connectivity index (χ1n) is 7.18. The Kier molecular flexibility index (Phi) is 3.87. The smallest absolute Gasteiger partial charge is 0.296 e. The zero-order valence-corrected chi connectivity index (χ0v) is 12.3. The molecule has 1 atom stereocenters. The van der Waals surface area contributed by atoms with Gasteiger partial charge in [-0.25, -0.2) is 0 Å². The monoisotopic (exact) mass is 308 g/mol. The summed E-state index contributed by atoms with van der Waals surface area (Å²) in [6, 6.07) is 3.71. The molecule has 1 saturated heterocycles. The van der Waals surface area contributed by atoms with Gasteiger partial charge in [0, 0.05) is 19.2 Å². The summed E-state index contributed by atoms with van der Waals surface area (Å²) < 4.78 is 0. The molecule has 1 aromatic rings. The van der Waals surface area contributed by atoms with Gasteiger partial charge in [0.05, 0.1) is 22.0 Å². The van der Waals surface area contributed by atoms with Crippen molar-refractivity contribution in [3.63, 3.8) is 0 Å². The SMILES string of the molecule is O=C1Nc2cc(N3CCCC3CCCO)c(Cl)cc2C1=O. The van der Waals surface area contributed by atoms with Crippen LogP contribution in [0.5, 0.6) is 0 Å². The second-order valence-corrected chi connectivity index (χ2v) is 5.89. The molecule has 0 spiro atoms. The van der Waals surface area contributed by atoms with E-state index in [1.54, 1.807) is 12.1 Å². The van der Waals surface area contributed by atoms with Crippen LogP contribution in [0.1, 0.15) is 36.0 Å². The zero-order valence-electron chi connectivity index (χ0n) is 11.6. The van der Waals surface area contributed by atoms with Crippen LogP contribution in [0.15, 0.2) is 12.1 Å². The van der Waals surface area contributed by atoms with Gasteiger partial charge in [0.25, 0.3) is 11.7 Å². The third kappa shape index (κ3) is 2.51. The molecule has 5 nitrogen and oxygen atoms in total. The number of ketones is 1. The van der Waals surface area contributed by atoms with Gasteiger partial charge < -0.3 is 15.3 Å². The van der Waals surface area contributed by atoms with Crippen molar-refractivity contribution in [3.8, 4) is 0 Å². The van der Waals surface area contributed by atoms with Crippen LogP contribution in [-0.4, -0.2) is 36.0 Å². The number of carbonyl (C=O) groups excluding carboxylic acids is 2. The lowest BCUT2D eigenvalue weighted by Crippen LogP contribution is -2.29. The minimum absolute atomic E-state index is 0.187. The molecular formula is C15H17ClN2O3. The molecule has 0 aliphatic carbocycles. The van der Waals surface area contributed by atoms with Crippen LogP contribution in [-0.2, 0) is 4.79 Å². The summed E-state index contributed by atoms with van der Waals surface area (Å²) in [5.41, 5.74) is 1.74. The maximum Gasteiger partial charge on any atom is 0.296 e. The number of nitrogens with one attached hydrogen (secondary N) is 1. The van der Waals surface area contributed by atoms with Gasteiger partial charge in [-0.2, -0.15) is 0 Å². The highest BCUT2D eigenvalue weighted by Crippen LogP contribution is 2.38. The fourth-order valence-corrected chi connectivity index (χ4v) is 3.43. The van der Waals surface area contributed by atoms with E-state index < -0.39 is 11.7 Å². The molecule has 0 aromatic heterocycles. The topological polar surface area (TPSA) is 69.6 Å². The molecular weight excluding hydrogens is 292 g/mol. The van der Waals surface area contributed by atoms with Gasteiger partial charge in [0.2, 0.25) is 0 Å². The number of hydrogen-bond acceptors (Lipinski definition) is 4. The number of hydrogen-bond donors (Lipinski definition) is 2. The summed E-state index contributed by atoms with van der Waals surface area (Å²) >= 11 is 6.32. The number of aliphatic hydroxyl groups is 1. The van der Waals surface area contributed by atoms with Crippen molar-refractivity contribution in [1.82, 2.24) is 0 Å². The third-order valence-corrected chi connectivity index (χ3v) is 4.47. The van der Waals surface area contributed by atoms with Crippen LogP contribution < -0.4 is 10.2 Å². The molecule has 6 heteroatoms. The molecule has 0 saturated carbocycles. The number of fused-ring (bicyclic) bond motifs is 1. The van der Waals surface area contributed by atoms with E-state index in [1.807, 2.05) is 0 Å². The summed E-state index contributed by atoms with van der Waals surface area (Å²) in [7, 11) is 0. The van der Waals surface area contributed by atoms with Crippen molar-refractivity contribution in [2.45, 2.75) is 31.7 Å². The van der Waals surface area contributed by atoms with E-state index in [9.17, 15) is 9.59 Å². The summed E-state index contributed by atoms with van der Waals surface area (Å²) in [6.07, 6.45) is 3.82. The fourth-order valence-electron chi connectivity index (χ4n) is 3.15. The predicted molar refractivity (Wildman–Crippen MR) is 81.1 cm³/mol. The highest BCUT2D eigenvalue weighted by atomic mass is 35.5. The lowest BCUT2D eigenvalue weighted by atomic mass is 10.1. The molecule has 0 bridgehead atoms. The summed E-state index contributed by atoms with van der Waals surface area (Å²) in [6.45, 7) is 1.09. The Morgan fingerprint density at radius 1 is 1.38 bits per heavy atom. The highest BCUT2D eigenvalue weighted by molar-refractivity contribution is 6.52. The molecule has 2 aliphatic heterocycles. The lowest BCUT2D eigenvalue weighted by molar-refractivity contribution is -0.112. The predicted octanol–water partition coefficient (Wildman–Crippen LogP) is 2.22. The number of nitrogens with zero attached hydrogens (tertiary/aromatic N) is 1. The average molecular weight is 309 g/mol. The fraction of sp³-hybridized carbons (Fsp3) is 0.467. The van der Waals surface area contributed by atoms with Crippen LogP contribution in [0.4, 0.5) is 11.4 Å². The second kappa shape index (κ2) is 5.66. The maximum atomic E-state index is 11.7. The van der Waals surface area contributed by atoms with Crippen LogP contribution in [0.25, 0.3) is 0 Å². The summed E-state index contributed by atoms with van der Waals surface area (Å²) in [5.74, 6) is -1.13. The molecule has 1 aromatic carbocycles. The molecule has 1 unspecified atom stereocenters. The molecule has 1 amide bonds. The van der Waals surface area contributed by atoms with Gasteiger partial charge >= 0.3 is 0 Å². The van der Waals surface area contributed by atoms with Crippen molar-refractivity contribution in [2.24, 2.45) is 0 Å². The molecule has 112 valence electrons. The van der Waals surface area contributed by atoms with Crippen molar-refractivity contribution in [1.29, 1.82) is 0 Å². The number of halogens is 1. The number of Topliss-reactive ketones (excluding diaryl/α,β-unsaturated/α-hetero) is 1. The Hall–Kier alpha value is -1.59. The van der Waals surface area contributed by atoms with E-state index in [1.165, 1.54) is 0 Å². The highest BCUT2D eigenvalue weighted by Gasteiger charge is 2.32. The zero-order chi connectivity index (χ0) is 15.0. The normalized spacial score (nSPS) is 20.9. The number of anilines is 2. The molecule has 2 aliphatic rings. The van der Waals surface area contributed by atoms with Gasteiger partial charge in [-0.15, -0.1) is 0 Å². The number of aliphatic hydroxyl groups excluding tert-OH is 1. The average Bonchev–Trinajstić information content (AvgIpc) is 3.03. The van der Waals surface area contributed by atoms with Gasteiger partial charge in [0.15, 0.2) is 0 Å². The summed E-state index contributed by atoms with van der Waals surface area (Å²) in [5, 5.41) is 12.1. The van der Waals surface area contributed by atoms with E-state index in [-0.39, 0.29) is 6.61 Å². The van der Waals surface area contributed by atoms with E-state index in [2.05, 4.69) is 10.2 Å². The van der Waals surface area contributed by atoms with Gasteiger partial charge in [-0.3, -0.25) is 9.59 Å². The molecule has 3 rings (SSSR count). The number of amides is 1. The largest absolute Gasteiger partial charge is 0.396 e. The van der Waals surface area contributed by atoms with Crippen LogP contribution in [0, 0.1) is 0 Å². The number of rotatable bonds is 4. The standard InChI is InChI=1S/C15H17ClN2O3/c16-11-7-10-12(17-15(21)14(10)20)8-13(11)18-5-1-3-9(18)4-2-6-19/h7-9,19H,1-6H2,(H,17,20,21). The lowest BCUT2D eigenvalue weighted by Gasteiger charge is -2.28. The van der Waals surface area contributed by atoms with Gasteiger partial charge in [-0.1, -0.05) is 11.6 Å². The second-order valence-electron chi connectivity index (χ2n) is 5.49. The minimum Gasteiger partial charge on any atom is -0.396 e. The quantitative estimate of drug-likeness (QED) is 0.837. The van der Waals surface area contributed by atoms with Crippen molar-refractivity contribution in [2.75, 3.05) is 23.4 Å². The molecule has 21 heavy (non-hydrogen) atoms. The molecule has 2 heterocycles. The minimum atomic E-state index is -0.600. The van der Waals surface area contributed by atoms with Gasteiger partial charge in [-0.05, 0) is 37.8 Å². The number of carbonyl (C=O) groups is 2. The van der Waals surface area contributed by atoms with Crippen LogP contribution >= 0.6 is 11.6 Å². The van der Waals surface area contributed by atoms with Gasteiger partial charge in [0.1, 0.15) is 0 Å². The van der Waals surface area contributed by atoms with Crippen molar-refractivity contribution < 1.29 is 14.7 Å². The summed E-state index contributed by atoms with van der Waals surface area (Å²) in [4.78, 5) is 25.3. The molecule has 0 radical (unpaired) electrons. The Morgan fingerprint density at radius 3 is 2.95 bits per heavy atom. The number of benzene rings is 1. The molecule has 1 fully saturated rings. The first-order valence-corrected chi connectivity index (χ1v) is 7.56.